The Balaban J connectivity index is 1.97. The maximum atomic E-state index is 13.3. The number of ketones is 1. The SMILES string of the molecule is CCOc1ccc2c(c1)C(=O)C(c1ccc[n+](C)c1)=C2c1ccccc1. The molecule has 1 aromatic heterocycles. The summed E-state index contributed by atoms with van der Waals surface area (Å²) in [6, 6.07) is 19.8. The van der Waals surface area contributed by atoms with Gasteiger partial charge < -0.3 is 4.74 Å². The van der Waals surface area contributed by atoms with Crippen molar-refractivity contribution < 1.29 is 14.1 Å². The molecule has 3 nitrogen and oxygen atoms in total. The van der Waals surface area contributed by atoms with Gasteiger partial charge in [-0.15, -0.1) is 0 Å². The van der Waals surface area contributed by atoms with Crippen molar-refractivity contribution in [1.29, 1.82) is 0 Å². The van der Waals surface area contributed by atoms with Gasteiger partial charge in [0, 0.05) is 22.8 Å². The minimum absolute atomic E-state index is 0.0478. The predicted molar refractivity (Wildman–Crippen MR) is 102 cm³/mol. The van der Waals surface area contributed by atoms with E-state index in [9.17, 15) is 4.79 Å². The molecule has 0 atom stereocenters. The molecular formula is C23H20NO2+. The minimum atomic E-state index is 0.0478. The van der Waals surface area contributed by atoms with Gasteiger partial charge in [0.15, 0.2) is 18.2 Å². The first-order valence-corrected chi connectivity index (χ1v) is 8.76. The number of aryl methyl sites for hydroxylation is 1. The Kier molecular flexibility index (Phi) is 4.13. The molecule has 1 heterocycles. The highest BCUT2D eigenvalue weighted by molar-refractivity contribution is 6.41. The molecule has 0 unspecified atom stereocenters. The zero-order valence-electron chi connectivity index (χ0n) is 14.9. The molecule has 0 spiro atoms. The van der Waals surface area contributed by atoms with Gasteiger partial charge in [0.05, 0.1) is 12.2 Å². The summed E-state index contributed by atoms with van der Waals surface area (Å²) in [7, 11) is 1.96. The van der Waals surface area contributed by atoms with Crippen molar-refractivity contribution in [2.75, 3.05) is 6.61 Å². The van der Waals surface area contributed by atoms with Gasteiger partial charge in [0.2, 0.25) is 0 Å². The highest BCUT2D eigenvalue weighted by Crippen LogP contribution is 2.42. The molecule has 3 aromatic rings. The van der Waals surface area contributed by atoms with E-state index in [4.69, 9.17) is 4.74 Å². The van der Waals surface area contributed by atoms with Crippen molar-refractivity contribution in [3.05, 3.63) is 95.3 Å². The van der Waals surface area contributed by atoms with E-state index in [0.29, 0.717) is 12.2 Å². The maximum Gasteiger partial charge on any atom is 0.195 e. The van der Waals surface area contributed by atoms with Gasteiger partial charge in [0.25, 0.3) is 0 Å². The first-order valence-electron chi connectivity index (χ1n) is 8.76. The summed E-state index contributed by atoms with van der Waals surface area (Å²) in [5, 5.41) is 0. The molecule has 4 rings (SSSR count). The smallest absolute Gasteiger partial charge is 0.195 e. The number of benzene rings is 2. The van der Waals surface area contributed by atoms with Crippen LogP contribution in [-0.4, -0.2) is 12.4 Å². The molecule has 1 aliphatic rings. The molecule has 2 aromatic carbocycles. The molecule has 0 saturated carbocycles. The number of Topliss-reactive ketones (excluding diaryl/α,β-unsaturated/α-hetero) is 1. The summed E-state index contributed by atoms with van der Waals surface area (Å²) in [6.07, 6.45) is 3.96. The molecule has 1 aliphatic carbocycles. The normalized spacial score (nSPS) is 13.1. The van der Waals surface area contributed by atoms with Gasteiger partial charge in [-0.05, 0) is 42.3 Å². The van der Waals surface area contributed by atoms with E-state index in [0.717, 1.165) is 33.6 Å². The summed E-state index contributed by atoms with van der Waals surface area (Å²) >= 11 is 0. The number of hydrogen-bond donors (Lipinski definition) is 0. The molecule has 3 heteroatoms. The average molecular weight is 342 g/mol. The van der Waals surface area contributed by atoms with Crippen LogP contribution in [0.25, 0.3) is 11.1 Å². The number of carbonyl (C=O) groups excluding carboxylic acids is 1. The summed E-state index contributed by atoms with van der Waals surface area (Å²) in [5.74, 6) is 0.776. The largest absolute Gasteiger partial charge is 0.494 e. The van der Waals surface area contributed by atoms with Gasteiger partial charge >= 0.3 is 0 Å². The Bertz CT molecular complexity index is 1020. The topological polar surface area (TPSA) is 30.2 Å². The number of fused-ring (bicyclic) bond motifs is 1. The van der Waals surface area contributed by atoms with Gasteiger partial charge in [-0.1, -0.05) is 30.3 Å². The first kappa shape index (κ1) is 16.3. The third-order valence-corrected chi connectivity index (χ3v) is 4.58. The van der Waals surface area contributed by atoms with E-state index in [1.54, 1.807) is 0 Å². The third kappa shape index (κ3) is 2.72. The lowest BCUT2D eigenvalue weighted by molar-refractivity contribution is -0.671. The van der Waals surface area contributed by atoms with Crippen LogP contribution < -0.4 is 9.30 Å². The number of allylic oxidation sites excluding steroid dienone is 1. The number of carbonyl (C=O) groups is 1. The zero-order chi connectivity index (χ0) is 18.1. The van der Waals surface area contributed by atoms with E-state index in [1.807, 2.05) is 79.5 Å². The maximum absolute atomic E-state index is 13.3. The Hall–Kier alpha value is -3.20. The summed E-state index contributed by atoms with van der Waals surface area (Å²) in [6.45, 7) is 2.52. The van der Waals surface area contributed by atoms with Crippen molar-refractivity contribution in [2.24, 2.45) is 7.05 Å². The molecular weight excluding hydrogens is 322 g/mol. The number of ether oxygens (including phenoxy) is 1. The molecule has 0 aliphatic heterocycles. The van der Waals surface area contributed by atoms with Gasteiger partial charge in [-0.2, -0.15) is 0 Å². The predicted octanol–water partition coefficient (Wildman–Crippen LogP) is 4.07. The fraction of sp³-hybridized carbons (Fsp3) is 0.130. The average Bonchev–Trinajstić information content (AvgIpc) is 2.95. The second kappa shape index (κ2) is 6.60. The second-order valence-corrected chi connectivity index (χ2v) is 6.34. The zero-order valence-corrected chi connectivity index (χ0v) is 14.9. The van der Waals surface area contributed by atoms with Crippen molar-refractivity contribution in [3.63, 3.8) is 0 Å². The Morgan fingerprint density at radius 1 is 0.885 bits per heavy atom. The number of hydrogen-bond acceptors (Lipinski definition) is 2. The number of aromatic nitrogens is 1. The van der Waals surface area contributed by atoms with Crippen LogP contribution in [0.5, 0.6) is 5.75 Å². The van der Waals surface area contributed by atoms with Crippen LogP contribution in [0, 0.1) is 0 Å². The summed E-state index contributed by atoms with van der Waals surface area (Å²) in [5.41, 5.74) is 5.37. The van der Waals surface area contributed by atoms with Crippen molar-refractivity contribution in [3.8, 4) is 5.75 Å². The molecule has 0 amide bonds. The number of rotatable bonds is 4. The fourth-order valence-electron chi connectivity index (χ4n) is 3.48. The molecule has 0 saturated heterocycles. The lowest BCUT2D eigenvalue weighted by Crippen LogP contribution is -2.27. The fourth-order valence-corrected chi connectivity index (χ4v) is 3.48. The van der Waals surface area contributed by atoms with E-state index in [-0.39, 0.29) is 5.78 Å². The Morgan fingerprint density at radius 2 is 1.65 bits per heavy atom. The van der Waals surface area contributed by atoms with Crippen LogP contribution in [-0.2, 0) is 7.05 Å². The summed E-state index contributed by atoms with van der Waals surface area (Å²) in [4.78, 5) is 13.3. The lowest BCUT2D eigenvalue weighted by atomic mass is 9.95. The van der Waals surface area contributed by atoms with Crippen molar-refractivity contribution >= 4 is 16.9 Å². The standard InChI is InChI=1S/C23H20NO2/c1-3-26-18-11-12-19-20(14-18)23(25)22(17-10-7-13-24(2)15-17)21(19)16-8-5-4-6-9-16/h4-15H,3H2,1-2H3/q+1. The first-order chi connectivity index (χ1) is 12.7. The number of pyridine rings is 1. The highest BCUT2D eigenvalue weighted by atomic mass is 16.5. The van der Waals surface area contributed by atoms with Gasteiger partial charge in [0.1, 0.15) is 12.8 Å². The van der Waals surface area contributed by atoms with E-state index in [2.05, 4.69) is 12.1 Å². The molecule has 26 heavy (non-hydrogen) atoms. The quantitative estimate of drug-likeness (QED) is 0.669. The van der Waals surface area contributed by atoms with Crippen LogP contribution >= 0.6 is 0 Å². The second-order valence-electron chi connectivity index (χ2n) is 6.34. The molecule has 0 radical (unpaired) electrons. The van der Waals surface area contributed by atoms with E-state index in [1.165, 1.54) is 0 Å². The van der Waals surface area contributed by atoms with Crippen LogP contribution in [0.2, 0.25) is 0 Å². The van der Waals surface area contributed by atoms with Crippen molar-refractivity contribution in [1.82, 2.24) is 0 Å². The third-order valence-electron chi connectivity index (χ3n) is 4.58. The molecule has 0 fully saturated rings. The van der Waals surface area contributed by atoms with Crippen LogP contribution in [0.1, 0.15) is 34.0 Å². The van der Waals surface area contributed by atoms with Gasteiger partial charge in [-0.25, -0.2) is 4.57 Å². The van der Waals surface area contributed by atoms with E-state index >= 15 is 0 Å². The Morgan fingerprint density at radius 3 is 2.38 bits per heavy atom. The molecule has 0 N–H and O–H groups in total. The summed E-state index contributed by atoms with van der Waals surface area (Å²) < 4.78 is 7.57. The minimum Gasteiger partial charge on any atom is -0.494 e. The van der Waals surface area contributed by atoms with Crippen LogP contribution in [0.3, 0.4) is 0 Å². The van der Waals surface area contributed by atoms with Crippen molar-refractivity contribution in [2.45, 2.75) is 6.92 Å². The van der Waals surface area contributed by atoms with Gasteiger partial charge in [-0.3, -0.25) is 4.79 Å². The molecule has 0 bridgehead atoms. The van der Waals surface area contributed by atoms with E-state index < -0.39 is 0 Å². The monoisotopic (exact) mass is 342 g/mol. The van der Waals surface area contributed by atoms with Crippen LogP contribution in [0.15, 0.2) is 73.1 Å². The lowest BCUT2D eigenvalue weighted by Gasteiger charge is -2.09. The molecule has 128 valence electrons. The van der Waals surface area contributed by atoms with Crippen LogP contribution in [0.4, 0.5) is 0 Å². The number of nitrogens with zero attached hydrogens (tertiary/aromatic N) is 1. The Labute approximate surface area is 153 Å². The highest BCUT2D eigenvalue weighted by Gasteiger charge is 2.32.